The van der Waals surface area contributed by atoms with Crippen molar-refractivity contribution in [2.75, 3.05) is 0 Å². The fourth-order valence-electron chi connectivity index (χ4n) is 2.33. The SMILES string of the molecule is O=C(c1ccc2cc3ccccc3cc2c1O)C(F)(F)F.[CH3-].[Eu]. The first kappa shape index (κ1) is 20.1. The molecule has 0 saturated carbocycles. The van der Waals surface area contributed by atoms with Gasteiger partial charge in [-0.15, -0.1) is 0 Å². The van der Waals surface area contributed by atoms with Crippen molar-refractivity contribution in [3.8, 4) is 5.75 Å². The van der Waals surface area contributed by atoms with Gasteiger partial charge in [-0.3, -0.25) is 4.79 Å². The van der Waals surface area contributed by atoms with Crippen LogP contribution in [0.25, 0.3) is 21.5 Å². The fraction of sp³-hybridized carbons (Fsp3) is 0.0588. The van der Waals surface area contributed by atoms with E-state index in [-0.39, 0.29) is 62.2 Å². The third-order valence-electron chi connectivity index (χ3n) is 3.36. The standard InChI is InChI=1S/C16H9F3O2.CH3.Eu/c17-16(18,19)15(21)12-6-5-11-7-9-3-1-2-4-10(9)8-13(11)14(12)20;;/h1-8,20H;1H3;/q;-1;. The normalized spacial score (nSPS) is 10.9. The van der Waals surface area contributed by atoms with Gasteiger partial charge in [0.05, 0.1) is 5.56 Å². The number of rotatable bonds is 1. The van der Waals surface area contributed by atoms with Crippen LogP contribution in [0.1, 0.15) is 10.4 Å². The smallest absolute Gasteiger partial charge is 0.455 e. The zero-order valence-electron chi connectivity index (χ0n) is 12.0. The van der Waals surface area contributed by atoms with Gasteiger partial charge in [0.2, 0.25) is 0 Å². The number of hydrogen-bond donors (Lipinski definition) is 1. The molecule has 0 bridgehead atoms. The Labute approximate surface area is 171 Å². The Morgan fingerprint density at radius 2 is 1.48 bits per heavy atom. The summed E-state index contributed by atoms with van der Waals surface area (Å²) in [4.78, 5) is 11.3. The number of carbonyl (C=O) groups is 1. The number of benzene rings is 3. The van der Waals surface area contributed by atoms with Crippen molar-refractivity contribution >= 4 is 27.3 Å². The first-order valence-corrected chi connectivity index (χ1v) is 6.14. The summed E-state index contributed by atoms with van der Waals surface area (Å²) in [5.41, 5.74) is -0.731. The minimum absolute atomic E-state index is 0. The average Bonchev–Trinajstić information content (AvgIpc) is 2.44. The molecule has 3 aromatic rings. The van der Waals surface area contributed by atoms with E-state index in [1.807, 2.05) is 12.1 Å². The molecule has 1 radical (unpaired) electrons. The van der Waals surface area contributed by atoms with Crippen LogP contribution in [0.3, 0.4) is 0 Å². The quantitative estimate of drug-likeness (QED) is 0.321. The largest absolute Gasteiger partial charge is 0.507 e. The molecule has 121 valence electrons. The first-order valence-electron chi connectivity index (χ1n) is 6.14. The van der Waals surface area contributed by atoms with Gasteiger partial charge in [0.15, 0.2) is 0 Å². The molecule has 0 aliphatic carbocycles. The molecule has 0 aromatic heterocycles. The maximum atomic E-state index is 12.5. The summed E-state index contributed by atoms with van der Waals surface area (Å²) >= 11 is 0. The van der Waals surface area contributed by atoms with Gasteiger partial charge in [-0.1, -0.05) is 30.3 Å². The summed E-state index contributed by atoms with van der Waals surface area (Å²) in [6.45, 7) is 0. The van der Waals surface area contributed by atoms with E-state index in [0.717, 1.165) is 16.8 Å². The van der Waals surface area contributed by atoms with E-state index in [1.54, 1.807) is 24.3 Å². The number of phenols is 1. The summed E-state index contributed by atoms with van der Waals surface area (Å²) in [5.74, 6) is -2.68. The molecule has 0 aliphatic heterocycles. The molecular weight excluding hydrogens is 445 g/mol. The van der Waals surface area contributed by atoms with Crippen molar-refractivity contribution in [2.45, 2.75) is 6.18 Å². The van der Waals surface area contributed by atoms with Gasteiger partial charge in [-0.2, -0.15) is 13.2 Å². The molecule has 0 amide bonds. The summed E-state index contributed by atoms with van der Waals surface area (Å²) in [5, 5.41) is 12.5. The number of alkyl halides is 3. The van der Waals surface area contributed by atoms with E-state index in [4.69, 9.17) is 0 Å². The minimum Gasteiger partial charge on any atom is -0.507 e. The molecule has 23 heavy (non-hydrogen) atoms. The molecule has 0 heterocycles. The predicted octanol–water partition coefficient (Wildman–Crippen LogP) is 4.89. The molecule has 3 rings (SSSR count). The molecule has 2 nitrogen and oxygen atoms in total. The molecule has 0 spiro atoms. The topological polar surface area (TPSA) is 37.3 Å². The number of ketones is 1. The second kappa shape index (κ2) is 7.28. The van der Waals surface area contributed by atoms with Gasteiger partial charge in [0, 0.05) is 54.8 Å². The van der Waals surface area contributed by atoms with Gasteiger partial charge in [-0.25, -0.2) is 0 Å². The average molecular weight is 457 g/mol. The second-order valence-electron chi connectivity index (χ2n) is 4.71. The number of Topliss-reactive ketones (excluding diaryl/α,β-unsaturated/α-hetero) is 1. The van der Waals surface area contributed by atoms with Gasteiger partial charge < -0.3 is 12.5 Å². The van der Waals surface area contributed by atoms with E-state index in [2.05, 4.69) is 0 Å². The maximum absolute atomic E-state index is 12.5. The molecule has 6 heteroatoms. The van der Waals surface area contributed by atoms with E-state index in [0.29, 0.717) is 5.39 Å². The number of hydrogen-bond acceptors (Lipinski definition) is 2. The summed E-state index contributed by atoms with van der Waals surface area (Å²) < 4.78 is 37.5. The third kappa shape index (κ3) is 3.75. The van der Waals surface area contributed by atoms with E-state index in [9.17, 15) is 23.1 Å². The Morgan fingerprint density at radius 3 is 2.04 bits per heavy atom. The van der Waals surface area contributed by atoms with Crippen molar-refractivity contribution in [1.29, 1.82) is 0 Å². The Bertz CT molecular complexity index is 873. The molecule has 0 fully saturated rings. The van der Waals surface area contributed by atoms with Crippen LogP contribution in [0, 0.1) is 56.8 Å². The van der Waals surface area contributed by atoms with Crippen LogP contribution in [-0.2, 0) is 0 Å². The number of fused-ring (bicyclic) bond motifs is 2. The molecular formula is C17H12EuF3O2-. The Hall–Kier alpha value is -0.976. The van der Waals surface area contributed by atoms with Crippen LogP contribution >= 0.6 is 0 Å². The van der Waals surface area contributed by atoms with Crippen LogP contribution in [0.2, 0.25) is 0 Å². The number of carbonyl (C=O) groups excluding carboxylic acids is 1. The van der Waals surface area contributed by atoms with Crippen molar-refractivity contribution in [3.63, 3.8) is 0 Å². The van der Waals surface area contributed by atoms with Gasteiger partial charge in [0.1, 0.15) is 5.75 Å². The zero-order chi connectivity index (χ0) is 15.2. The van der Waals surface area contributed by atoms with Crippen LogP contribution in [-0.4, -0.2) is 17.1 Å². The van der Waals surface area contributed by atoms with E-state index >= 15 is 0 Å². The van der Waals surface area contributed by atoms with Crippen molar-refractivity contribution in [2.24, 2.45) is 0 Å². The fourth-order valence-corrected chi connectivity index (χ4v) is 2.33. The summed E-state index contributed by atoms with van der Waals surface area (Å²) in [7, 11) is 0. The summed E-state index contributed by atoms with van der Waals surface area (Å²) in [6, 6.07) is 13.0. The van der Waals surface area contributed by atoms with Gasteiger partial charge in [0.25, 0.3) is 5.78 Å². The second-order valence-corrected chi connectivity index (χ2v) is 4.71. The minimum atomic E-state index is -5.01. The van der Waals surface area contributed by atoms with Crippen LogP contribution in [0.15, 0.2) is 48.5 Å². The number of aromatic hydroxyl groups is 1. The van der Waals surface area contributed by atoms with Crippen LogP contribution in [0.5, 0.6) is 5.75 Å². The molecule has 0 atom stereocenters. The molecule has 0 unspecified atom stereocenters. The number of phenolic OH excluding ortho intramolecular Hbond substituents is 1. The maximum Gasteiger partial charge on any atom is 0.455 e. The van der Waals surface area contributed by atoms with Crippen LogP contribution < -0.4 is 0 Å². The van der Waals surface area contributed by atoms with Crippen molar-refractivity contribution in [3.05, 3.63) is 61.5 Å². The number of halogens is 3. The zero-order valence-corrected chi connectivity index (χ0v) is 14.4. The van der Waals surface area contributed by atoms with E-state index < -0.39 is 23.3 Å². The monoisotopic (exact) mass is 458 g/mol. The Morgan fingerprint density at radius 1 is 0.913 bits per heavy atom. The van der Waals surface area contributed by atoms with Crippen molar-refractivity contribution in [1.82, 2.24) is 0 Å². The predicted molar refractivity (Wildman–Crippen MR) is 79.9 cm³/mol. The molecule has 3 aromatic carbocycles. The Kier molecular flexibility index (Phi) is 6.35. The van der Waals surface area contributed by atoms with E-state index in [1.165, 1.54) is 6.07 Å². The molecule has 0 saturated heterocycles. The molecule has 0 aliphatic rings. The first-order chi connectivity index (χ1) is 9.88. The van der Waals surface area contributed by atoms with Gasteiger partial charge in [-0.05, 0) is 34.4 Å². The van der Waals surface area contributed by atoms with Crippen LogP contribution in [0.4, 0.5) is 13.2 Å². The molecule has 1 N–H and O–H groups in total. The van der Waals surface area contributed by atoms with Gasteiger partial charge >= 0.3 is 6.18 Å². The van der Waals surface area contributed by atoms with Crippen molar-refractivity contribution < 1.29 is 72.4 Å². The summed E-state index contributed by atoms with van der Waals surface area (Å²) in [6.07, 6.45) is -5.01. The third-order valence-corrected chi connectivity index (χ3v) is 3.36. The Balaban J connectivity index is 0.00000132.